The monoisotopic (exact) mass is 573 g/mol. The minimum absolute atomic E-state index is 0.0165. The summed E-state index contributed by atoms with van der Waals surface area (Å²) in [5, 5.41) is 0. The lowest BCUT2D eigenvalue weighted by Gasteiger charge is -2.63. The zero-order valence-electron chi connectivity index (χ0n) is 24.8. The van der Waals surface area contributed by atoms with Gasteiger partial charge in [-0.1, -0.05) is 46.3 Å². The average Bonchev–Trinajstić information content (AvgIpc) is 2.85. The Kier molecular flexibility index (Phi) is 6.65. The number of nitrogens with one attached hydrogen (secondary N) is 1. The van der Waals surface area contributed by atoms with Gasteiger partial charge in [0.2, 0.25) is 10.0 Å². The van der Waals surface area contributed by atoms with E-state index < -0.39 is 32.7 Å². The van der Waals surface area contributed by atoms with Crippen molar-refractivity contribution in [2.75, 3.05) is 13.4 Å². The van der Waals surface area contributed by atoms with E-state index in [-0.39, 0.29) is 57.6 Å². The van der Waals surface area contributed by atoms with Crippen molar-refractivity contribution in [2.45, 2.75) is 79.6 Å². The van der Waals surface area contributed by atoms with Gasteiger partial charge in [-0.25, -0.2) is 13.1 Å². The quantitative estimate of drug-likeness (QED) is 0.397. The molecule has 0 aromatic heterocycles. The van der Waals surface area contributed by atoms with E-state index in [2.05, 4.69) is 20.8 Å². The first-order valence-corrected chi connectivity index (χ1v) is 16.4. The van der Waals surface area contributed by atoms with Crippen molar-refractivity contribution in [3.05, 3.63) is 23.3 Å². The fraction of sp³-hybridized carbons (Fsp3) is 0.742. The molecular weight excluding hydrogens is 530 g/mol. The van der Waals surface area contributed by atoms with Gasteiger partial charge < -0.3 is 4.74 Å². The molecule has 5 rings (SSSR count). The van der Waals surface area contributed by atoms with Crippen LogP contribution in [-0.2, 0) is 33.9 Å². The van der Waals surface area contributed by atoms with E-state index in [9.17, 15) is 27.6 Å². The topological polar surface area (TPSA) is 124 Å². The summed E-state index contributed by atoms with van der Waals surface area (Å²) in [4.78, 5) is 53.8. The Morgan fingerprint density at radius 1 is 0.975 bits per heavy atom. The van der Waals surface area contributed by atoms with Crippen molar-refractivity contribution in [2.24, 2.45) is 51.2 Å². The molecule has 40 heavy (non-hydrogen) atoms. The molecule has 8 atom stereocenters. The maximum atomic E-state index is 14.2. The number of hydrogen-bond acceptors (Lipinski definition) is 7. The van der Waals surface area contributed by atoms with E-state index in [1.54, 1.807) is 19.1 Å². The van der Waals surface area contributed by atoms with Gasteiger partial charge in [-0.15, -0.1) is 0 Å². The number of allylic oxidation sites excluding steroid dienone is 3. The number of sulfonamides is 1. The molecule has 8 nitrogen and oxygen atoms in total. The Hall–Kier alpha value is -2.29. The smallest absolute Gasteiger partial charge is 0.312 e. The first kappa shape index (κ1) is 29.2. The minimum Gasteiger partial charge on any atom is -0.469 e. The van der Waals surface area contributed by atoms with E-state index in [0.29, 0.717) is 6.42 Å². The molecule has 9 heteroatoms. The molecule has 0 saturated heterocycles. The van der Waals surface area contributed by atoms with Gasteiger partial charge >= 0.3 is 5.97 Å². The lowest BCUT2D eigenvalue weighted by atomic mass is 9.39. The maximum Gasteiger partial charge on any atom is 0.312 e. The summed E-state index contributed by atoms with van der Waals surface area (Å²) in [6.07, 6.45) is 9.71. The molecule has 1 N–H and O–H groups in total. The second kappa shape index (κ2) is 9.10. The summed E-state index contributed by atoms with van der Waals surface area (Å²) in [5.41, 5.74) is -0.961. The Bertz CT molecular complexity index is 1360. The molecule has 8 unspecified atom stereocenters. The van der Waals surface area contributed by atoms with Gasteiger partial charge in [0.25, 0.3) is 5.91 Å². The first-order chi connectivity index (χ1) is 18.4. The van der Waals surface area contributed by atoms with Gasteiger partial charge in [0.1, 0.15) is 0 Å². The van der Waals surface area contributed by atoms with Crippen molar-refractivity contribution in [1.29, 1.82) is 0 Å². The summed E-state index contributed by atoms with van der Waals surface area (Å²) >= 11 is 0. The third kappa shape index (κ3) is 4.16. The number of hydrogen-bond donors (Lipinski definition) is 1. The molecular formula is C31H43NO7S. The van der Waals surface area contributed by atoms with E-state index in [4.69, 9.17) is 4.74 Å². The highest BCUT2D eigenvalue weighted by Gasteiger charge is 2.66. The SMILES string of the molecule is COC(=O)C12CCC3C(C(=O)C=C4C5(C)C=C(C(=O)NS(C)(=O)=O)C(=O)C(C)C5CCC43C)C1CC(C)(C)CC2. The number of carbonyl (C=O) groups is 4. The molecule has 0 bridgehead atoms. The lowest BCUT2D eigenvalue weighted by Crippen LogP contribution is -2.61. The number of fused-ring (bicyclic) bond motifs is 7. The van der Waals surface area contributed by atoms with Crippen LogP contribution in [-0.4, -0.2) is 45.2 Å². The third-order valence-corrected chi connectivity index (χ3v) is 12.3. The number of carbonyl (C=O) groups excluding carboxylic acids is 4. The zero-order valence-corrected chi connectivity index (χ0v) is 25.6. The van der Waals surface area contributed by atoms with Gasteiger partial charge in [-0.05, 0) is 79.6 Å². The molecule has 3 fully saturated rings. The van der Waals surface area contributed by atoms with Crippen LogP contribution in [0.3, 0.4) is 0 Å². The van der Waals surface area contributed by atoms with Gasteiger partial charge in [-0.2, -0.15) is 0 Å². The van der Waals surface area contributed by atoms with Crippen molar-refractivity contribution in [3.8, 4) is 0 Å². The molecule has 0 heterocycles. The van der Waals surface area contributed by atoms with Gasteiger partial charge in [-0.3, -0.25) is 19.2 Å². The number of methoxy groups -OCH3 is 1. The highest BCUT2D eigenvalue weighted by Crippen LogP contribution is 2.69. The molecule has 220 valence electrons. The predicted octanol–water partition coefficient (Wildman–Crippen LogP) is 4.15. The fourth-order valence-electron chi connectivity index (χ4n) is 9.77. The Morgan fingerprint density at radius 2 is 1.62 bits per heavy atom. The number of ketones is 2. The van der Waals surface area contributed by atoms with Crippen molar-refractivity contribution < 1.29 is 32.3 Å². The van der Waals surface area contributed by atoms with Crippen molar-refractivity contribution >= 4 is 33.5 Å². The van der Waals surface area contributed by atoms with Crippen LogP contribution < -0.4 is 4.72 Å². The second-order valence-electron chi connectivity index (χ2n) is 14.5. The zero-order chi connectivity index (χ0) is 29.6. The minimum atomic E-state index is -3.86. The molecule has 0 aromatic rings. The van der Waals surface area contributed by atoms with Crippen LogP contribution in [0.2, 0.25) is 0 Å². The van der Waals surface area contributed by atoms with Crippen molar-refractivity contribution in [1.82, 2.24) is 4.72 Å². The summed E-state index contributed by atoms with van der Waals surface area (Å²) < 4.78 is 30.9. The van der Waals surface area contributed by atoms with Crippen LogP contribution in [0, 0.1) is 51.2 Å². The van der Waals surface area contributed by atoms with Crippen LogP contribution in [0.15, 0.2) is 23.3 Å². The highest BCUT2D eigenvalue weighted by molar-refractivity contribution is 7.89. The van der Waals surface area contributed by atoms with Crippen LogP contribution >= 0.6 is 0 Å². The molecule has 5 aliphatic carbocycles. The van der Waals surface area contributed by atoms with Gasteiger partial charge in [0.05, 0.1) is 24.4 Å². The molecule has 5 aliphatic rings. The third-order valence-electron chi connectivity index (χ3n) is 11.7. The fourth-order valence-corrected chi connectivity index (χ4v) is 10.2. The second-order valence-corrected chi connectivity index (χ2v) is 16.3. The summed E-state index contributed by atoms with van der Waals surface area (Å²) in [6, 6.07) is 0. The highest BCUT2D eigenvalue weighted by atomic mass is 32.2. The van der Waals surface area contributed by atoms with Gasteiger partial charge in [0.15, 0.2) is 11.6 Å². The predicted molar refractivity (Wildman–Crippen MR) is 149 cm³/mol. The summed E-state index contributed by atoms with van der Waals surface area (Å²) in [5.74, 6) is -2.42. The number of rotatable bonds is 3. The van der Waals surface area contributed by atoms with Crippen LogP contribution in [0.4, 0.5) is 0 Å². The molecule has 1 amide bonds. The molecule has 0 aliphatic heterocycles. The first-order valence-electron chi connectivity index (χ1n) is 14.5. The molecule has 3 saturated carbocycles. The number of ether oxygens (including phenoxy) is 1. The Balaban J connectivity index is 1.63. The Labute approximate surface area is 237 Å². The summed E-state index contributed by atoms with van der Waals surface area (Å²) in [6.45, 7) is 10.5. The van der Waals surface area contributed by atoms with Crippen LogP contribution in [0.25, 0.3) is 0 Å². The molecule has 0 aromatic carbocycles. The largest absolute Gasteiger partial charge is 0.469 e. The van der Waals surface area contributed by atoms with E-state index in [1.165, 1.54) is 7.11 Å². The summed E-state index contributed by atoms with van der Waals surface area (Å²) in [7, 11) is -2.41. The van der Waals surface area contributed by atoms with E-state index >= 15 is 0 Å². The Morgan fingerprint density at radius 3 is 2.25 bits per heavy atom. The number of Topliss-reactive ketones (excluding diaryl/α,β-unsaturated/α-hetero) is 1. The standard InChI is InChI=1S/C31H43NO7S/c1-17-19-8-10-29(4)20-9-11-31(27(36)39-6)13-12-28(2,3)16-21(31)24(20)22(33)14-23(29)30(19,5)15-18(25(17)34)26(35)32-40(7,37)38/h14-15,17,19-21,24H,8-13,16H2,1-7H3,(H,32,35). The van der Waals surface area contributed by atoms with Crippen LogP contribution in [0.1, 0.15) is 79.6 Å². The number of esters is 1. The van der Waals surface area contributed by atoms with Crippen LogP contribution in [0.5, 0.6) is 0 Å². The lowest BCUT2D eigenvalue weighted by molar-refractivity contribution is -0.177. The van der Waals surface area contributed by atoms with E-state index in [0.717, 1.165) is 50.4 Å². The van der Waals surface area contributed by atoms with Gasteiger partial charge in [0, 0.05) is 17.3 Å². The number of amides is 1. The molecule has 0 spiro atoms. The van der Waals surface area contributed by atoms with Crippen molar-refractivity contribution in [3.63, 3.8) is 0 Å². The molecule has 0 radical (unpaired) electrons. The maximum absolute atomic E-state index is 14.2. The van der Waals surface area contributed by atoms with E-state index in [1.807, 2.05) is 11.6 Å². The average molecular weight is 574 g/mol. The normalized spacial score (nSPS) is 42.2.